The van der Waals surface area contributed by atoms with Gasteiger partial charge >= 0.3 is 0 Å². The highest BCUT2D eigenvalue weighted by molar-refractivity contribution is 4.96. The Balaban J connectivity index is 1.45. The standard InChI is InChI=1S/C14H22N4/c1-18-13-2-3-14(18)7-11(6-13)8-16-10-12-9-15-4-5-17-12/h4-5,9,11,13-14,16H,2-3,6-8,10H2,1H3. The predicted octanol–water partition coefficient (Wildman–Crippen LogP) is 1.44. The molecule has 0 amide bonds. The van der Waals surface area contributed by atoms with Crippen molar-refractivity contribution in [3.8, 4) is 0 Å². The van der Waals surface area contributed by atoms with E-state index in [1.54, 1.807) is 12.4 Å². The Bertz CT molecular complexity index is 367. The molecule has 2 atom stereocenters. The smallest absolute Gasteiger partial charge is 0.0724 e. The summed E-state index contributed by atoms with van der Waals surface area (Å²) < 4.78 is 0. The van der Waals surface area contributed by atoms with Gasteiger partial charge in [-0.15, -0.1) is 0 Å². The van der Waals surface area contributed by atoms with Gasteiger partial charge in [-0.25, -0.2) is 0 Å². The molecule has 1 aromatic rings. The van der Waals surface area contributed by atoms with Crippen LogP contribution in [0.4, 0.5) is 0 Å². The summed E-state index contributed by atoms with van der Waals surface area (Å²) in [6.07, 6.45) is 10.8. The van der Waals surface area contributed by atoms with E-state index < -0.39 is 0 Å². The molecule has 1 aromatic heterocycles. The lowest BCUT2D eigenvalue weighted by Crippen LogP contribution is -2.42. The molecule has 0 radical (unpaired) electrons. The zero-order valence-electron chi connectivity index (χ0n) is 11.0. The molecule has 18 heavy (non-hydrogen) atoms. The van der Waals surface area contributed by atoms with Crippen molar-refractivity contribution in [2.24, 2.45) is 5.92 Å². The van der Waals surface area contributed by atoms with Crippen molar-refractivity contribution in [3.05, 3.63) is 24.3 Å². The van der Waals surface area contributed by atoms with Crippen LogP contribution in [0, 0.1) is 5.92 Å². The molecule has 2 saturated heterocycles. The molecule has 98 valence electrons. The Morgan fingerprint density at radius 2 is 2.06 bits per heavy atom. The van der Waals surface area contributed by atoms with Gasteiger partial charge in [0.1, 0.15) is 0 Å². The lowest BCUT2D eigenvalue weighted by atomic mass is 9.91. The van der Waals surface area contributed by atoms with Crippen LogP contribution in [-0.4, -0.2) is 40.5 Å². The molecule has 2 bridgehead atoms. The van der Waals surface area contributed by atoms with Crippen LogP contribution in [0.3, 0.4) is 0 Å². The second-order valence-electron chi connectivity index (χ2n) is 5.72. The van der Waals surface area contributed by atoms with E-state index in [0.717, 1.165) is 36.8 Å². The summed E-state index contributed by atoms with van der Waals surface area (Å²) in [5, 5.41) is 3.53. The number of hydrogen-bond donors (Lipinski definition) is 1. The van der Waals surface area contributed by atoms with Crippen molar-refractivity contribution in [1.82, 2.24) is 20.2 Å². The summed E-state index contributed by atoms with van der Waals surface area (Å²) >= 11 is 0. The minimum atomic E-state index is 0.840. The van der Waals surface area contributed by atoms with Gasteiger partial charge in [-0.2, -0.15) is 0 Å². The normalized spacial score (nSPS) is 31.7. The number of rotatable bonds is 4. The first-order chi connectivity index (χ1) is 8.83. The molecule has 0 aliphatic carbocycles. The molecule has 0 saturated carbocycles. The third-order valence-corrected chi connectivity index (χ3v) is 4.55. The molecule has 4 nitrogen and oxygen atoms in total. The highest BCUT2D eigenvalue weighted by Crippen LogP contribution is 2.36. The van der Waals surface area contributed by atoms with Crippen molar-refractivity contribution >= 4 is 0 Å². The first-order valence-electron chi connectivity index (χ1n) is 7.00. The maximum Gasteiger partial charge on any atom is 0.0724 e. The molecule has 4 heteroatoms. The van der Waals surface area contributed by atoms with Gasteiger partial charge in [-0.3, -0.25) is 9.97 Å². The van der Waals surface area contributed by atoms with Gasteiger partial charge in [0.05, 0.1) is 5.69 Å². The van der Waals surface area contributed by atoms with Crippen LogP contribution in [0.2, 0.25) is 0 Å². The van der Waals surface area contributed by atoms with E-state index in [-0.39, 0.29) is 0 Å². The van der Waals surface area contributed by atoms with Gasteiger partial charge in [0.25, 0.3) is 0 Å². The number of piperidine rings is 1. The Kier molecular flexibility index (Phi) is 3.57. The zero-order valence-corrected chi connectivity index (χ0v) is 11.0. The van der Waals surface area contributed by atoms with Crippen LogP contribution in [-0.2, 0) is 6.54 Å². The molecule has 2 aliphatic heterocycles. The Morgan fingerprint density at radius 3 is 2.72 bits per heavy atom. The average Bonchev–Trinajstić information content (AvgIpc) is 2.64. The average molecular weight is 246 g/mol. The monoisotopic (exact) mass is 246 g/mol. The van der Waals surface area contributed by atoms with E-state index >= 15 is 0 Å². The van der Waals surface area contributed by atoms with Gasteiger partial charge in [-0.05, 0) is 45.2 Å². The van der Waals surface area contributed by atoms with Crippen LogP contribution in [0.25, 0.3) is 0 Å². The summed E-state index contributed by atoms with van der Waals surface area (Å²) in [6.45, 7) is 1.97. The number of aromatic nitrogens is 2. The lowest BCUT2D eigenvalue weighted by molar-refractivity contribution is 0.133. The van der Waals surface area contributed by atoms with Gasteiger partial charge in [0.2, 0.25) is 0 Å². The molecule has 2 unspecified atom stereocenters. The van der Waals surface area contributed by atoms with Gasteiger partial charge in [0.15, 0.2) is 0 Å². The molecule has 0 spiro atoms. The van der Waals surface area contributed by atoms with Crippen molar-refractivity contribution in [2.45, 2.75) is 44.3 Å². The Labute approximate surface area is 109 Å². The van der Waals surface area contributed by atoms with Crippen LogP contribution in [0.15, 0.2) is 18.6 Å². The topological polar surface area (TPSA) is 41.0 Å². The van der Waals surface area contributed by atoms with Gasteiger partial charge in [-0.1, -0.05) is 0 Å². The third kappa shape index (κ3) is 2.54. The fraction of sp³-hybridized carbons (Fsp3) is 0.714. The molecule has 2 aliphatic rings. The summed E-state index contributed by atoms with van der Waals surface area (Å²) in [5.41, 5.74) is 1.04. The summed E-state index contributed by atoms with van der Waals surface area (Å²) in [4.78, 5) is 11.0. The largest absolute Gasteiger partial charge is 0.311 e. The quantitative estimate of drug-likeness (QED) is 0.873. The van der Waals surface area contributed by atoms with Crippen molar-refractivity contribution in [1.29, 1.82) is 0 Å². The number of nitrogens with zero attached hydrogens (tertiary/aromatic N) is 3. The van der Waals surface area contributed by atoms with E-state index in [2.05, 4.69) is 27.2 Å². The van der Waals surface area contributed by atoms with E-state index in [4.69, 9.17) is 0 Å². The van der Waals surface area contributed by atoms with Crippen LogP contribution in [0.5, 0.6) is 0 Å². The van der Waals surface area contributed by atoms with Gasteiger partial charge in [0, 0.05) is 37.2 Å². The summed E-state index contributed by atoms with van der Waals surface area (Å²) in [7, 11) is 2.30. The molecule has 3 rings (SSSR count). The van der Waals surface area contributed by atoms with Crippen LogP contribution < -0.4 is 5.32 Å². The second-order valence-corrected chi connectivity index (χ2v) is 5.72. The molecule has 2 fully saturated rings. The summed E-state index contributed by atoms with van der Waals surface area (Å²) in [6, 6.07) is 1.68. The van der Waals surface area contributed by atoms with Crippen LogP contribution in [0.1, 0.15) is 31.4 Å². The fourth-order valence-electron chi connectivity index (χ4n) is 3.52. The molecule has 1 N–H and O–H groups in total. The minimum absolute atomic E-state index is 0.840. The second kappa shape index (κ2) is 5.33. The number of fused-ring (bicyclic) bond motifs is 2. The molecule has 3 heterocycles. The highest BCUT2D eigenvalue weighted by Gasteiger charge is 2.37. The van der Waals surface area contributed by atoms with Gasteiger partial charge < -0.3 is 10.2 Å². The van der Waals surface area contributed by atoms with Crippen LogP contribution >= 0.6 is 0 Å². The molecule has 0 aromatic carbocycles. The maximum atomic E-state index is 4.28. The minimum Gasteiger partial charge on any atom is -0.311 e. The fourth-order valence-corrected chi connectivity index (χ4v) is 3.52. The zero-order chi connectivity index (χ0) is 12.4. The lowest BCUT2D eigenvalue weighted by Gasteiger charge is -2.36. The Hall–Kier alpha value is -1.00. The maximum absolute atomic E-state index is 4.28. The first kappa shape index (κ1) is 12.1. The van der Waals surface area contributed by atoms with Crippen molar-refractivity contribution in [3.63, 3.8) is 0 Å². The SMILES string of the molecule is CN1C2CCC1CC(CNCc1cnccn1)C2. The number of hydrogen-bond acceptors (Lipinski definition) is 4. The highest BCUT2D eigenvalue weighted by atomic mass is 15.2. The first-order valence-corrected chi connectivity index (χ1v) is 7.00. The van der Waals surface area contributed by atoms with E-state index in [0.29, 0.717) is 0 Å². The summed E-state index contributed by atoms with van der Waals surface area (Å²) in [5.74, 6) is 0.843. The molecular weight excluding hydrogens is 224 g/mol. The molecular formula is C14H22N4. The van der Waals surface area contributed by atoms with Crippen molar-refractivity contribution < 1.29 is 0 Å². The number of nitrogens with one attached hydrogen (secondary N) is 1. The predicted molar refractivity (Wildman–Crippen MR) is 71.0 cm³/mol. The third-order valence-electron chi connectivity index (χ3n) is 4.55. The van der Waals surface area contributed by atoms with E-state index in [1.807, 2.05) is 6.20 Å². The van der Waals surface area contributed by atoms with E-state index in [1.165, 1.54) is 25.7 Å². The Morgan fingerprint density at radius 1 is 1.28 bits per heavy atom. The van der Waals surface area contributed by atoms with Crippen molar-refractivity contribution in [2.75, 3.05) is 13.6 Å². The van der Waals surface area contributed by atoms with E-state index in [9.17, 15) is 0 Å².